The molecule has 1 atom stereocenters. The lowest BCUT2D eigenvalue weighted by atomic mass is 9.91. The average molecular weight is 388 g/mol. The Balaban J connectivity index is 1.50. The minimum atomic E-state index is -1.48. The summed E-state index contributed by atoms with van der Waals surface area (Å²) in [4.78, 5) is 14.5. The predicted molar refractivity (Wildman–Crippen MR) is 104 cm³/mol. The van der Waals surface area contributed by atoms with Gasteiger partial charge in [0.2, 0.25) is 0 Å². The van der Waals surface area contributed by atoms with E-state index in [0.717, 1.165) is 25.3 Å². The molecule has 1 amide bonds. The van der Waals surface area contributed by atoms with Gasteiger partial charge in [0.25, 0.3) is 5.91 Å². The second kappa shape index (κ2) is 9.26. The zero-order valence-electron chi connectivity index (χ0n) is 15.8. The number of halogens is 2. The molecule has 4 nitrogen and oxygen atoms in total. The number of aryl methyl sites for hydroxylation is 1. The van der Waals surface area contributed by atoms with Crippen molar-refractivity contribution < 1.29 is 18.7 Å². The molecular formula is C22H26F2N2O2. The van der Waals surface area contributed by atoms with Crippen molar-refractivity contribution in [3.05, 3.63) is 71.3 Å². The Labute approximate surface area is 164 Å². The van der Waals surface area contributed by atoms with Gasteiger partial charge < -0.3 is 15.3 Å². The molecule has 0 saturated carbocycles. The Hall–Kier alpha value is -2.31. The van der Waals surface area contributed by atoms with Crippen LogP contribution in [0.15, 0.2) is 48.5 Å². The van der Waals surface area contributed by atoms with Crippen LogP contribution in [0.3, 0.4) is 0 Å². The van der Waals surface area contributed by atoms with Gasteiger partial charge in [0, 0.05) is 37.8 Å². The van der Waals surface area contributed by atoms with Gasteiger partial charge in [0.15, 0.2) is 5.60 Å². The number of hydrogen-bond acceptors (Lipinski definition) is 3. The van der Waals surface area contributed by atoms with Crippen molar-refractivity contribution in [1.82, 2.24) is 10.2 Å². The van der Waals surface area contributed by atoms with Crippen LogP contribution in [0, 0.1) is 11.6 Å². The van der Waals surface area contributed by atoms with Gasteiger partial charge in [-0.25, -0.2) is 8.78 Å². The second-order valence-electron chi connectivity index (χ2n) is 7.36. The van der Waals surface area contributed by atoms with Gasteiger partial charge in [-0.3, -0.25) is 4.79 Å². The quantitative estimate of drug-likeness (QED) is 0.731. The van der Waals surface area contributed by atoms with Gasteiger partial charge in [-0.15, -0.1) is 0 Å². The van der Waals surface area contributed by atoms with E-state index in [1.165, 1.54) is 17.7 Å². The number of carbonyl (C=O) groups excluding carboxylic acids is 1. The zero-order chi connectivity index (χ0) is 20.0. The van der Waals surface area contributed by atoms with E-state index in [-0.39, 0.29) is 19.0 Å². The first-order valence-corrected chi connectivity index (χ1v) is 9.68. The normalized spacial score (nSPS) is 19.8. The number of benzene rings is 2. The van der Waals surface area contributed by atoms with Crippen molar-refractivity contribution >= 4 is 5.91 Å². The topological polar surface area (TPSA) is 52.6 Å². The summed E-state index contributed by atoms with van der Waals surface area (Å²) >= 11 is 0. The Morgan fingerprint density at radius 2 is 1.93 bits per heavy atom. The molecule has 1 fully saturated rings. The van der Waals surface area contributed by atoms with Gasteiger partial charge >= 0.3 is 0 Å². The highest BCUT2D eigenvalue weighted by Gasteiger charge is 2.41. The van der Waals surface area contributed by atoms with Crippen LogP contribution in [-0.4, -0.2) is 41.1 Å². The molecule has 2 aromatic rings. The van der Waals surface area contributed by atoms with Crippen molar-refractivity contribution in [2.45, 2.75) is 37.8 Å². The summed E-state index contributed by atoms with van der Waals surface area (Å²) in [7, 11) is 0. The Morgan fingerprint density at radius 1 is 1.14 bits per heavy atom. The van der Waals surface area contributed by atoms with Crippen molar-refractivity contribution in [3.8, 4) is 0 Å². The molecule has 1 aliphatic heterocycles. The van der Waals surface area contributed by atoms with Crippen molar-refractivity contribution in [2.75, 3.05) is 19.6 Å². The molecule has 0 aromatic heterocycles. The molecule has 1 saturated heterocycles. The minimum absolute atomic E-state index is 0.0395. The van der Waals surface area contributed by atoms with Crippen LogP contribution in [0.25, 0.3) is 0 Å². The summed E-state index contributed by atoms with van der Waals surface area (Å²) in [5.74, 6) is -1.55. The summed E-state index contributed by atoms with van der Waals surface area (Å²) in [5, 5.41) is 13.8. The molecule has 3 rings (SSSR count). The average Bonchev–Trinajstić information content (AvgIpc) is 2.68. The van der Waals surface area contributed by atoms with Crippen LogP contribution in [-0.2, 0) is 17.8 Å². The molecule has 0 bridgehead atoms. The molecule has 2 N–H and O–H groups in total. The van der Waals surface area contributed by atoms with Crippen molar-refractivity contribution in [3.63, 3.8) is 0 Å². The first kappa shape index (κ1) is 20.4. The Bertz CT molecular complexity index is 800. The smallest absolute Gasteiger partial charge is 0.255 e. The molecule has 150 valence electrons. The highest BCUT2D eigenvalue weighted by Crippen LogP contribution is 2.23. The van der Waals surface area contributed by atoms with E-state index in [4.69, 9.17) is 0 Å². The third-order valence-electron chi connectivity index (χ3n) is 5.19. The van der Waals surface area contributed by atoms with Crippen LogP contribution < -0.4 is 5.32 Å². The maximum Gasteiger partial charge on any atom is 0.255 e. The predicted octanol–water partition coefficient (Wildman–Crippen LogP) is 3.04. The number of piperidine rings is 1. The summed E-state index contributed by atoms with van der Waals surface area (Å²) in [6.07, 6.45) is 2.81. The van der Waals surface area contributed by atoms with E-state index in [1.54, 1.807) is 4.90 Å². The Morgan fingerprint density at radius 3 is 2.68 bits per heavy atom. The van der Waals surface area contributed by atoms with Gasteiger partial charge in [-0.2, -0.15) is 0 Å². The Kier molecular flexibility index (Phi) is 6.75. The van der Waals surface area contributed by atoms with E-state index in [9.17, 15) is 18.7 Å². The van der Waals surface area contributed by atoms with Crippen molar-refractivity contribution in [1.29, 1.82) is 0 Å². The first-order valence-electron chi connectivity index (χ1n) is 9.68. The molecule has 0 aliphatic carbocycles. The van der Waals surface area contributed by atoms with Crippen LogP contribution in [0.5, 0.6) is 0 Å². The van der Waals surface area contributed by atoms with Gasteiger partial charge in [-0.05, 0) is 37.3 Å². The number of amides is 1. The van der Waals surface area contributed by atoms with Gasteiger partial charge in [0.05, 0.1) is 0 Å². The molecule has 28 heavy (non-hydrogen) atoms. The fourth-order valence-electron chi connectivity index (χ4n) is 3.63. The standard InChI is InChI=1S/C22H26F2N2O2/c23-19-10-9-18(20(24)14-19)15-25-16-22(28)11-5-13-26(21(22)27)12-4-8-17-6-2-1-3-7-17/h1-3,6-7,9-10,14,25,28H,4-5,8,11-13,15-16H2/t22-/m1/s1. The number of rotatable bonds is 8. The third kappa shape index (κ3) is 5.14. The first-order chi connectivity index (χ1) is 13.5. The summed E-state index contributed by atoms with van der Waals surface area (Å²) < 4.78 is 26.7. The van der Waals surface area contributed by atoms with Crippen LogP contribution in [0.4, 0.5) is 8.78 Å². The molecule has 6 heteroatoms. The third-order valence-corrected chi connectivity index (χ3v) is 5.19. The van der Waals surface area contributed by atoms with Gasteiger partial charge in [-0.1, -0.05) is 36.4 Å². The lowest BCUT2D eigenvalue weighted by molar-refractivity contribution is -0.156. The monoisotopic (exact) mass is 388 g/mol. The van der Waals surface area contributed by atoms with Crippen molar-refractivity contribution in [2.24, 2.45) is 0 Å². The lowest BCUT2D eigenvalue weighted by Gasteiger charge is -2.38. The minimum Gasteiger partial charge on any atom is -0.379 e. The molecule has 1 heterocycles. The fourth-order valence-corrected chi connectivity index (χ4v) is 3.63. The highest BCUT2D eigenvalue weighted by atomic mass is 19.1. The summed E-state index contributed by atoms with van der Waals surface area (Å²) in [6.45, 7) is 1.40. The second-order valence-corrected chi connectivity index (χ2v) is 7.36. The van der Waals surface area contributed by atoms with Gasteiger partial charge in [0.1, 0.15) is 11.6 Å². The summed E-state index contributed by atoms with van der Waals surface area (Å²) in [6, 6.07) is 13.5. The molecule has 0 spiro atoms. The van der Waals surface area contributed by atoms with E-state index >= 15 is 0 Å². The van der Waals surface area contributed by atoms with E-state index < -0.39 is 17.2 Å². The number of likely N-dealkylation sites (tertiary alicyclic amines) is 1. The number of hydrogen-bond donors (Lipinski definition) is 2. The maximum absolute atomic E-state index is 13.7. The molecule has 1 aliphatic rings. The SMILES string of the molecule is O=C1N(CCCc2ccccc2)CCC[C@@]1(O)CNCc1ccc(F)cc1F. The number of nitrogens with zero attached hydrogens (tertiary/aromatic N) is 1. The molecule has 0 radical (unpaired) electrons. The van der Waals surface area contributed by atoms with E-state index in [0.29, 0.717) is 25.1 Å². The number of carbonyl (C=O) groups is 1. The number of nitrogens with one attached hydrogen (secondary N) is 1. The highest BCUT2D eigenvalue weighted by molar-refractivity contribution is 5.86. The van der Waals surface area contributed by atoms with E-state index in [1.807, 2.05) is 18.2 Å². The maximum atomic E-state index is 13.7. The van der Waals surface area contributed by atoms with Crippen LogP contribution in [0.2, 0.25) is 0 Å². The fraction of sp³-hybridized carbons (Fsp3) is 0.409. The van der Waals surface area contributed by atoms with E-state index in [2.05, 4.69) is 17.4 Å². The zero-order valence-corrected chi connectivity index (χ0v) is 15.8. The summed E-state index contributed by atoms with van der Waals surface area (Å²) in [5.41, 5.74) is 0.0415. The molecular weight excluding hydrogens is 362 g/mol. The lowest BCUT2D eigenvalue weighted by Crippen LogP contribution is -2.58. The molecule has 2 aromatic carbocycles. The van der Waals surface area contributed by atoms with Crippen LogP contribution in [0.1, 0.15) is 30.4 Å². The van der Waals surface area contributed by atoms with Crippen LogP contribution >= 0.6 is 0 Å². The molecule has 0 unspecified atom stereocenters. The largest absolute Gasteiger partial charge is 0.379 e. The number of aliphatic hydroxyl groups is 1.